The third-order valence-corrected chi connectivity index (χ3v) is 7.51. The van der Waals surface area contributed by atoms with Crippen LogP contribution in [0.4, 0.5) is 0 Å². The van der Waals surface area contributed by atoms with E-state index in [4.69, 9.17) is 21.1 Å². The van der Waals surface area contributed by atoms with Gasteiger partial charge in [-0.05, 0) is 80.1 Å². The van der Waals surface area contributed by atoms with E-state index in [1.807, 2.05) is 4.68 Å². The predicted molar refractivity (Wildman–Crippen MR) is 139 cm³/mol. The van der Waals surface area contributed by atoms with Gasteiger partial charge < -0.3 is 9.47 Å². The lowest BCUT2D eigenvalue weighted by molar-refractivity contribution is -0.151. The molecule has 0 saturated carbocycles. The number of nitrogens with zero attached hydrogens (tertiary/aromatic N) is 3. The predicted octanol–water partition coefficient (Wildman–Crippen LogP) is 5.67. The first-order valence-electron chi connectivity index (χ1n) is 12.3. The molecule has 0 amide bonds. The quantitative estimate of drug-likeness (QED) is 0.397. The van der Waals surface area contributed by atoms with Crippen molar-refractivity contribution in [1.82, 2.24) is 14.7 Å². The van der Waals surface area contributed by atoms with Crippen molar-refractivity contribution in [3.63, 3.8) is 0 Å². The van der Waals surface area contributed by atoms with Crippen LogP contribution in [0.25, 0.3) is 16.5 Å². The molecular weight excluding hydrogens is 462 g/mol. The van der Waals surface area contributed by atoms with Gasteiger partial charge in [-0.2, -0.15) is 5.10 Å². The summed E-state index contributed by atoms with van der Waals surface area (Å²) in [6, 6.07) is 12.9. The van der Waals surface area contributed by atoms with Crippen molar-refractivity contribution in [2.45, 2.75) is 46.3 Å². The minimum Gasteiger partial charge on any atom is -0.489 e. The Labute approximate surface area is 211 Å². The lowest BCUT2D eigenvalue weighted by Crippen LogP contribution is -2.51. The van der Waals surface area contributed by atoms with Crippen LogP contribution in [0.3, 0.4) is 0 Å². The Balaban J connectivity index is 1.24. The van der Waals surface area contributed by atoms with Crippen LogP contribution in [0.1, 0.15) is 49.9 Å². The van der Waals surface area contributed by atoms with Crippen molar-refractivity contribution >= 4 is 34.0 Å². The lowest BCUT2D eigenvalue weighted by atomic mass is 9.85. The molecule has 1 aliphatic carbocycles. The highest BCUT2D eigenvalue weighted by Gasteiger charge is 2.34. The Kier molecular flexibility index (Phi) is 6.60. The van der Waals surface area contributed by atoms with Crippen LogP contribution in [0.2, 0.25) is 5.15 Å². The number of carbonyl (C=O) groups is 1. The van der Waals surface area contributed by atoms with Crippen LogP contribution in [-0.4, -0.2) is 47.4 Å². The normalized spacial score (nSPS) is 16.5. The van der Waals surface area contributed by atoms with Gasteiger partial charge in [-0.25, -0.2) is 0 Å². The number of hydrogen-bond acceptors (Lipinski definition) is 5. The SMILES string of the molecule is COC(=O)C1CN(CC2=C(C)c3ccc(OCc4ccc5c(c4)c(Cl)nn5C(C)C)cc3CC2)C1. The molecule has 35 heavy (non-hydrogen) atoms. The molecular formula is C28H32ClN3O3. The summed E-state index contributed by atoms with van der Waals surface area (Å²) in [5, 5.41) is 5.95. The van der Waals surface area contributed by atoms with Gasteiger partial charge in [0.05, 0.1) is 18.5 Å². The molecule has 1 aliphatic heterocycles. The smallest absolute Gasteiger partial charge is 0.311 e. The molecule has 6 nitrogen and oxygen atoms in total. The Morgan fingerprint density at radius 3 is 2.71 bits per heavy atom. The second-order valence-corrected chi connectivity index (χ2v) is 10.3. The number of aromatic nitrogens is 2. The van der Waals surface area contributed by atoms with Gasteiger partial charge in [-0.3, -0.25) is 14.4 Å². The molecule has 2 aliphatic rings. The summed E-state index contributed by atoms with van der Waals surface area (Å²) < 4.78 is 13.0. The molecule has 3 aromatic rings. The highest BCUT2D eigenvalue weighted by molar-refractivity contribution is 6.34. The molecule has 5 rings (SSSR count). The van der Waals surface area contributed by atoms with E-state index in [1.54, 1.807) is 0 Å². The maximum Gasteiger partial charge on any atom is 0.311 e. The number of carbonyl (C=O) groups excluding carboxylic acids is 1. The number of fused-ring (bicyclic) bond motifs is 2. The number of halogens is 1. The zero-order valence-electron chi connectivity index (χ0n) is 20.8. The molecule has 0 bridgehead atoms. The van der Waals surface area contributed by atoms with E-state index in [9.17, 15) is 4.79 Å². The van der Waals surface area contributed by atoms with Crippen LogP contribution in [0.15, 0.2) is 42.0 Å². The largest absolute Gasteiger partial charge is 0.489 e. The molecule has 7 heteroatoms. The van der Waals surface area contributed by atoms with Crippen LogP contribution >= 0.6 is 11.6 Å². The van der Waals surface area contributed by atoms with Crippen LogP contribution in [0.5, 0.6) is 5.75 Å². The van der Waals surface area contributed by atoms with E-state index in [-0.39, 0.29) is 17.9 Å². The van der Waals surface area contributed by atoms with Crippen LogP contribution < -0.4 is 4.74 Å². The molecule has 0 spiro atoms. The van der Waals surface area contributed by atoms with Crippen molar-refractivity contribution in [3.8, 4) is 5.75 Å². The number of benzene rings is 2. The van der Waals surface area contributed by atoms with Crippen LogP contribution in [-0.2, 0) is 22.6 Å². The minimum absolute atomic E-state index is 0.0274. The summed E-state index contributed by atoms with van der Waals surface area (Å²) in [7, 11) is 1.46. The lowest BCUT2D eigenvalue weighted by Gasteiger charge is -2.39. The summed E-state index contributed by atoms with van der Waals surface area (Å²) in [6.07, 6.45) is 2.04. The summed E-state index contributed by atoms with van der Waals surface area (Å²) in [5.41, 5.74) is 7.55. The number of aryl methyl sites for hydroxylation is 1. The molecule has 184 valence electrons. The molecule has 2 heterocycles. The Morgan fingerprint density at radius 1 is 1.17 bits per heavy atom. The fraction of sp³-hybridized carbons (Fsp3) is 0.429. The monoisotopic (exact) mass is 493 g/mol. The number of rotatable bonds is 7. The number of allylic oxidation sites excluding steroid dienone is 1. The summed E-state index contributed by atoms with van der Waals surface area (Å²) >= 11 is 6.39. The number of likely N-dealkylation sites (tertiary alicyclic amines) is 1. The molecule has 0 radical (unpaired) electrons. The molecule has 1 saturated heterocycles. The molecule has 0 unspecified atom stereocenters. The van der Waals surface area contributed by atoms with E-state index in [2.05, 4.69) is 67.2 Å². The van der Waals surface area contributed by atoms with Gasteiger partial charge in [0.25, 0.3) is 0 Å². The first-order chi connectivity index (χ1) is 16.8. The van der Waals surface area contributed by atoms with Crippen molar-refractivity contribution in [2.75, 3.05) is 26.7 Å². The maximum atomic E-state index is 11.7. The second kappa shape index (κ2) is 9.67. The fourth-order valence-corrected chi connectivity index (χ4v) is 5.41. The van der Waals surface area contributed by atoms with Gasteiger partial charge in [-0.1, -0.05) is 29.3 Å². The van der Waals surface area contributed by atoms with E-state index < -0.39 is 0 Å². The van der Waals surface area contributed by atoms with Gasteiger partial charge in [0.1, 0.15) is 12.4 Å². The average Bonchev–Trinajstić information content (AvgIpc) is 3.16. The third kappa shape index (κ3) is 4.69. The van der Waals surface area contributed by atoms with Crippen molar-refractivity contribution in [3.05, 3.63) is 63.8 Å². The van der Waals surface area contributed by atoms with E-state index >= 15 is 0 Å². The van der Waals surface area contributed by atoms with E-state index in [0.29, 0.717) is 11.8 Å². The van der Waals surface area contributed by atoms with E-state index in [1.165, 1.54) is 29.4 Å². The fourth-order valence-electron chi connectivity index (χ4n) is 5.18. The Bertz CT molecular complexity index is 1300. The number of ether oxygens (including phenoxy) is 2. The zero-order chi connectivity index (χ0) is 24.7. The average molecular weight is 494 g/mol. The Morgan fingerprint density at radius 2 is 1.97 bits per heavy atom. The van der Waals surface area contributed by atoms with Crippen molar-refractivity contribution < 1.29 is 14.3 Å². The highest BCUT2D eigenvalue weighted by Crippen LogP contribution is 2.35. The summed E-state index contributed by atoms with van der Waals surface area (Å²) in [4.78, 5) is 14.0. The maximum absolute atomic E-state index is 11.7. The molecule has 1 fully saturated rings. The third-order valence-electron chi connectivity index (χ3n) is 7.23. The number of methoxy groups -OCH3 is 1. The van der Waals surface area contributed by atoms with Gasteiger partial charge in [0.2, 0.25) is 0 Å². The van der Waals surface area contributed by atoms with Gasteiger partial charge in [-0.15, -0.1) is 0 Å². The molecule has 1 aromatic heterocycles. The topological polar surface area (TPSA) is 56.6 Å². The van der Waals surface area contributed by atoms with Gasteiger partial charge >= 0.3 is 5.97 Å². The number of hydrogen-bond donors (Lipinski definition) is 0. The standard InChI is InChI=1S/C28H32ClN3O3/c1-17(2)32-26-10-5-19(11-25(26)27(29)30-32)16-35-23-8-9-24-18(3)21(7-6-20(24)12-23)13-31-14-22(15-31)28(33)34-4/h5,8-12,17,22H,6-7,13-16H2,1-4H3. The van der Waals surface area contributed by atoms with Crippen molar-refractivity contribution in [2.24, 2.45) is 5.92 Å². The van der Waals surface area contributed by atoms with Crippen molar-refractivity contribution in [1.29, 1.82) is 0 Å². The summed E-state index contributed by atoms with van der Waals surface area (Å²) in [5.74, 6) is 0.814. The summed E-state index contributed by atoms with van der Waals surface area (Å²) in [6.45, 7) is 9.39. The van der Waals surface area contributed by atoms with E-state index in [0.717, 1.165) is 54.7 Å². The minimum atomic E-state index is -0.0953. The van der Waals surface area contributed by atoms with Gasteiger partial charge in [0.15, 0.2) is 5.15 Å². The first kappa shape index (κ1) is 23.9. The molecule has 0 N–H and O–H groups in total. The molecule has 2 aromatic carbocycles. The second-order valence-electron chi connectivity index (χ2n) is 9.93. The first-order valence-corrected chi connectivity index (χ1v) is 12.6. The number of esters is 1. The zero-order valence-corrected chi connectivity index (χ0v) is 21.6. The highest BCUT2D eigenvalue weighted by atomic mass is 35.5. The molecule has 0 atom stereocenters. The van der Waals surface area contributed by atoms with Crippen LogP contribution in [0, 0.1) is 5.92 Å². The van der Waals surface area contributed by atoms with Gasteiger partial charge in [0, 0.05) is 31.1 Å². The Hall–Kier alpha value is -2.83.